The van der Waals surface area contributed by atoms with Crippen molar-refractivity contribution in [2.45, 2.75) is 71.4 Å². The summed E-state index contributed by atoms with van der Waals surface area (Å²) in [6.07, 6.45) is 5.11. The molecule has 0 spiro atoms. The normalized spacial score (nSPS) is 18.7. The average molecular weight is 633 g/mol. The van der Waals surface area contributed by atoms with Crippen LogP contribution in [0.2, 0.25) is 0 Å². The summed E-state index contributed by atoms with van der Waals surface area (Å²) in [5.41, 5.74) is 6.21. The van der Waals surface area contributed by atoms with E-state index in [-0.39, 0.29) is 23.5 Å². The van der Waals surface area contributed by atoms with Crippen molar-refractivity contribution in [1.29, 1.82) is 0 Å². The second kappa shape index (κ2) is 12.7. The molecule has 4 aromatic rings. The number of aliphatic hydroxyl groups excluding tert-OH is 1. The Morgan fingerprint density at radius 3 is 2.50 bits per heavy atom. The number of rotatable bonds is 8. The minimum absolute atomic E-state index is 0.203. The van der Waals surface area contributed by atoms with E-state index in [1.54, 1.807) is 6.07 Å². The molecule has 2 atom stereocenters. The third-order valence-corrected chi connectivity index (χ3v) is 11.1. The molecule has 3 N–H and O–H groups in total. The number of likely N-dealkylation sites (tertiary alicyclic amines) is 1. The summed E-state index contributed by atoms with van der Waals surface area (Å²) in [6, 6.07) is 11.6. The summed E-state index contributed by atoms with van der Waals surface area (Å²) in [5.74, 6) is -0.527. The quantitative estimate of drug-likeness (QED) is 0.201. The van der Waals surface area contributed by atoms with Crippen molar-refractivity contribution in [3.05, 3.63) is 68.5 Å². The van der Waals surface area contributed by atoms with Crippen molar-refractivity contribution in [1.82, 2.24) is 20.2 Å². The Labute approximate surface area is 266 Å². The fraction of sp³-hybridized carbons (Fsp3) is 0.471. The minimum atomic E-state index is -0.926. The fourth-order valence-corrected chi connectivity index (χ4v) is 7.95. The number of fused-ring (bicyclic) bond motifs is 2. The summed E-state index contributed by atoms with van der Waals surface area (Å²) >= 11 is 2.57. The summed E-state index contributed by atoms with van der Waals surface area (Å²) in [6.45, 7) is 9.39. The number of nitrogens with one attached hydrogen (secondary N) is 1. The number of carbonyl (C=O) groups is 2. The highest BCUT2D eigenvalue weighted by molar-refractivity contribution is 7.19. The van der Waals surface area contributed by atoms with Gasteiger partial charge in [0.05, 0.1) is 12.1 Å². The summed E-state index contributed by atoms with van der Waals surface area (Å²) in [4.78, 5) is 38.2. The van der Waals surface area contributed by atoms with E-state index in [4.69, 9.17) is 9.97 Å². The number of aromatic nitrogens is 2. The van der Waals surface area contributed by atoms with Crippen LogP contribution in [0.5, 0.6) is 0 Å². The lowest BCUT2D eigenvalue weighted by molar-refractivity contribution is 0.0701. The van der Waals surface area contributed by atoms with Crippen molar-refractivity contribution in [2.24, 2.45) is 11.3 Å². The molecule has 0 bridgehead atoms. The van der Waals surface area contributed by atoms with Gasteiger partial charge in [-0.2, -0.15) is 0 Å². The van der Waals surface area contributed by atoms with E-state index >= 15 is 0 Å². The highest BCUT2D eigenvalue weighted by atomic mass is 32.1. The van der Waals surface area contributed by atoms with Gasteiger partial charge in [-0.05, 0) is 89.6 Å². The van der Waals surface area contributed by atoms with Crippen LogP contribution in [0, 0.1) is 11.3 Å². The Balaban J connectivity index is 1.21. The van der Waals surface area contributed by atoms with Gasteiger partial charge in [0.2, 0.25) is 0 Å². The Kier molecular flexibility index (Phi) is 8.88. The molecule has 0 radical (unpaired) electrons. The average Bonchev–Trinajstić information content (AvgIpc) is 3.66. The Bertz CT molecular complexity index is 1650. The maximum atomic E-state index is 13.7. The molecule has 1 aromatic carbocycles. The fourth-order valence-electron chi connectivity index (χ4n) is 6.35. The maximum absolute atomic E-state index is 13.7. The van der Waals surface area contributed by atoms with Crippen LogP contribution < -0.4 is 5.32 Å². The van der Waals surface area contributed by atoms with Crippen LogP contribution in [-0.4, -0.2) is 62.7 Å². The zero-order valence-corrected chi connectivity index (χ0v) is 27.1. The second-order valence-corrected chi connectivity index (χ2v) is 15.1. The zero-order chi connectivity index (χ0) is 31.0. The summed E-state index contributed by atoms with van der Waals surface area (Å²) < 4.78 is 0. The largest absolute Gasteiger partial charge is 0.477 e. The van der Waals surface area contributed by atoms with E-state index in [0.717, 1.165) is 84.5 Å². The number of aromatic carboxylic acids is 1. The van der Waals surface area contributed by atoms with E-state index < -0.39 is 5.97 Å². The smallest absolute Gasteiger partial charge is 0.345 e. The first-order valence-corrected chi connectivity index (χ1v) is 17.2. The number of aliphatic hydroxyl groups is 1. The molecule has 3 aromatic heterocycles. The molecule has 44 heavy (non-hydrogen) atoms. The molecule has 10 heteroatoms. The van der Waals surface area contributed by atoms with Gasteiger partial charge in [-0.15, -0.1) is 11.3 Å². The predicted molar refractivity (Wildman–Crippen MR) is 176 cm³/mol. The molecule has 1 amide bonds. The van der Waals surface area contributed by atoms with Crippen molar-refractivity contribution >= 4 is 44.9 Å². The second-order valence-electron chi connectivity index (χ2n) is 13.3. The molecule has 1 saturated heterocycles. The summed E-state index contributed by atoms with van der Waals surface area (Å²) in [5, 5.41) is 24.8. The molecule has 1 aliphatic heterocycles. The molecule has 8 nitrogen and oxygen atoms in total. The van der Waals surface area contributed by atoms with Crippen LogP contribution in [0.25, 0.3) is 21.5 Å². The number of nitrogens with zero attached hydrogens (tertiary/aromatic N) is 3. The van der Waals surface area contributed by atoms with Crippen LogP contribution in [0.1, 0.15) is 88.8 Å². The molecule has 1 aliphatic carbocycles. The van der Waals surface area contributed by atoms with Crippen LogP contribution in [0.4, 0.5) is 0 Å². The monoisotopic (exact) mass is 632 g/mol. The number of benzene rings is 1. The third kappa shape index (κ3) is 6.88. The van der Waals surface area contributed by atoms with Gasteiger partial charge in [0.1, 0.15) is 15.2 Å². The van der Waals surface area contributed by atoms with Gasteiger partial charge in [0, 0.05) is 25.3 Å². The molecule has 1 fully saturated rings. The lowest BCUT2D eigenvalue weighted by Gasteiger charge is -2.34. The van der Waals surface area contributed by atoms with Gasteiger partial charge in [-0.3, -0.25) is 4.79 Å². The van der Waals surface area contributed by atoms with E-state index in [9.17, 15) is 19.8 Å². The third-order valence-electron chi connectivity index (χ3n) is 9.22. The lowest BCUT2D eigenvalue weighted by Crippen LogP contribution is -2.38. The van der Waals surface area contributed by atoms with Crippen molar-refractivity contribution in [2.75, 3.05) is 19.6 Å². The number of aryl methyl sites for hydroxylation is 1. The van der Waals surface area contributed by atoms with Crippen molar-refractivity contribution < 1.29 is 19.8 Å². The van der Waals surface area contributed by atoms with Crippen LogP contribution in [0.3, 0.4) is 0 Å². The van der Waals surface area contributed by atoms with Gasteiger partial charge < -0.3 is 20.4 Å². The molecule has 2 aliphatic rings. The van der Waals surface area contributed by atoms with E-state index in [0.29, 0.717) is 22.2 Å². The number of hydrogen-bond donors (Lipinski definition) is 3. The highest BCUT2D eigenvalue weighted by Crippen LogP contribution is 2.38. The number of carboxylic acid groups (broad SMARTS) is 1. The van der Waals surface area contributed by atoms with Crippen LogP contribution in [0.15, 0.2) is 41.8 Å². The summed E-state index contributed by atoms with van der Waals surface area (Å²) in [7, 11) is 0. The van der Waals surface area contributed by atoms with E-state index in [1.165, 1.54) is 28.2 Å². The van der Waals surface area contributed by atoms with Crippen molar-refractivity contribution in [3.8, 4) is 11.1 Å². The van der Waals surface area contributed by atoms with Crippen molar-refractivity contribution in [3.63, 3.8) is 0 Å². The topological polar surface area (TPSA) is 116 Å². The molecule has 0 unspecified atom stereocenters. The van der Waals surface area contributed by atoms with Gasteiger partial charge in [-0.1, -0.05) is 56.4 Å². The number of carboxylic acids is 1. The number of amides is 1. The molecule has 232 valence electrons. The predicted octanol–water partition coefficient (Wildman–Crippen LogP) is 6.59. The SMILES string of the molecule is CC(C)(C)[C@H]1CCc2nc3sc(C(=O)N[C@H](CCN4CCC(O)CC4)c4ccc(-c5csc(C(=O)O)c5)cc4)nc3cc2C1. The molecular weight excluding hydrogens is 593 g/mol. The first kappa shape index (κ1) is 30.8. The number of piperidine rings is 1. The van der Waals surface area contributed by atoms with Gasteiger partial charge >= 0.3 is 5.97 Å². The zero-order valence-electron chi connectivity index (χ0n) is 25.5. The van der Waals surface area contributed by atoms with E-state index in [1.807, 2.05) is 29.6 Å². The first-order valence-electron chi connectivity index (χ1n) is 15.5. The lowest BCUT2D eigenvalue weighted by atomic mass is 9.71. The maximum Gasteiger partial charge on any atom is 0.345 e. The van der Waals surface area contributed by atoms with E-state index in [2.05, 4.69) is 37.1 Å². The number of hydrogen-bond acceptors (Lipinski definition) is 8. The van der Waals surface area contributed by atoms with Crippen LogP contribution >= 0.6 is 22.7 Å². The van der Waals surface area contributed by atoms with Gasteiger partial charge in [0.15, 0.2) is 5.01 Å². The number of thiophene rings is 1. The molecule has 6 rings (SSSR count). The van der Waals surface area contributed by atoms with Crippen LogP contribution in [-0.2, 0) is 12.8 Å². The molecule has 4 heterocycles. The van der Waals surface area contributed by atoms with Gasteiger partial charge in [0.25, 0.3) is 5.91 Å². The highest BCUT2D eigenvalue weighted by Gasteiger charge is 2.30. The Morgan fingerprint density at radius 1 is 1.07 bits per heavy atom. The number of thiazole rings is 1. The molecule has 0 saturated carbocycles. The standard InChI is InChI=1S/C34H40N4O4S2/c1-34(2,3)24-8-9-26-22(16-24)17-28-31(36-26)44-32(37-28)30(40)35-27(12-15-38-13-10-25(39)11-14-38)21-6-4-20(5-7-21)23-18-29(33(41)42)43-19-23/h4-7,17-19,24-25,27,39H,8-16H2,1-3H3,(H,35,40)(H,41,42)/t24-,27+/m0/s1. The number of carbonyl (C=O) groups excluding carboxylic acids is 1. The van der Waals surface area contributed by atoms with Gasteiger partial charge in [-0.25, -0.2) is 14.8 Å². The Hall–Kier alpha value is -3.18. The Morgan fingerprint density at radius 2 is 1.82 bits per heavy atom. The number of pyridine rings is 1. The first-order chi connectivity index (χ1) is 21.0. The minimum Gasteiger partial charge on any atom is -0.477 e. The molecular formula is C34H40N4O4S2.